The van der Waals surface area contributed by atoms with Crippen LogP contribution in [-0.2, 0) is 0 Å². The smallest absolute Gasteiger partial charge is 0.308 e. The Labute approximate surface area is 71.4 Å². The van der Waals surface area contributed by atoms with Gasteiger partial charge in [0.2, 0.25) is 0 Å². The monoisotopic (exact) mass is 163 g/mol. The molecule has 0 unspecified atom stereocenters. The molecule has 0 heterocycles. The van der Waals surface area contributed by atoms with Gasteiger partial charge in [-0.3, -0.25) is 0 Å². The fourth-order valence-electron chi connectivity index (χ4n) is 0.892. The van der Waals surface area contributed by atoms with Gasteiger partial charge in [-0.2, -0.15) is 0 Å². The van der Waals surface area contributed by atoms with Gasteiger partial charge in [-0.15, -0.1) is 0 Å². The van der Waals surface area contributed by atoms with Gasteiger partial charge >= 0.3 is 5.08 Å². The Balaban J connectivity index is 2.80. The molecule has 1 aromatic rings. The highest BCUT2D eigenvalue weighted by atomic mass is 15.3. The summed E-state index contributed by atoms with van der Waals surface area (Å²) >= 11 is 0. The fraction of sp³-hybridized carbons (Fsp3) is 0.250. The van der Waals surface area contributed by atoms with E-state index in [0.29, 0.717) is 0 Å². The third-order valence-corrected chi connectivity index (χ3v) is 1.56. The summed E-state index contributed by atoms with van der Waals surface area (Å²) in [6.07, 6.45) is 0. The predicted molar refractivity (Wildman–Crippen MR) is 49.5 cm³/mol. The van der Waals surface area contributed by atoms with Crippen LogP contribution < -0.4 is 10.3 Å². The minimum absolute atomic E-state index is 0.767. The third kappa shape index (κ3) is 1.86. The third-order valence-electron chi connectivity index (χ3n) is 1.56. The van der Waals surface area contributed by atoms with Crippen molar-refractivity contribution in [3.05, 3.63) is 29.4 Å². The van der Waals surface area contributed by atoms with E-state index in [0.717, 1.165) is 11.4 Å². The minimum Gasteiger partial charge on any atom is -0.378 e. The summed E-state index contributed by atoms with van der Waals surface area (Å²) in [5.41, 5.74) is 4.31. The molecule has 4 nitrogen and oxygen atoms in total. The molecule has 1 rings (SSSR count). The van der Waals surface area contributed by atoms with Gasteiger partial charge in [0.1, 0.15) is 5.69 Å². The first-order valence-corrected chi connectivity index (χ1v) is 3.61. The molecule has 0 aliphatic carbocycles. The van der Waals surface area contributed by atoms with Crippen LogP contribution in [0.15, 0.2) is 24.3 Å². The molecule has 12 heavy (non-hydrogen) atoms. The van der Waals surface area contributed by atoms with Crippen molar-refractivity contribution in [2.75, 3.05) is 24.4 Å². The molecule has 0 aliphatic heterocycles. The first kappa shape index (κ1) is 8.34. The molecule has 0 atom stereocenters. The van der Waals surface area contributed by atoms with Crippen LogP contribution in [0, 0.1) is 5.39 Å². The van der Waals surface area contributed by atoms with Crippen molar-refractivity contribution in [1.29, 1.82) is 5.39 Å². The lowest BCUT2D eigenvalue weighted by Gasteiger charge is -2.11. The van der Waals surface area contributed by atoms with E-state index in [9.17, 15) is 0 Å². The van der Waals surface area contributed by atoms with Crippen LogP contribution >= 0.6 is 0 Å². The fourth-order valence-corrected chi connectivity index (χ4v) is 0.892. The van der Waals surface area contributed by atoms with Crippen LogP contribution in [0.2, 0.25) is 0 Å². The maximum absolute atomic E-state index is 8.20. The largest absolute Gasteiger partial charge is 0.378 e. The second-order valence-electron chi connectivity index (χ2n) is 2.65. The molecule has 0 aromatic heterocycles. The van der Waals surface area contributed by atoms with Gasteiger partial charge in [-0.1, -0.05) is 0 Å². The second-order valence-corrected chi connectivity index (χ2v) is 2.65. The summed E-state index contributed by atoms with van der Waals surface area (Å²) in [5.74, 6) is 0. The summed E-state index contributed by atoms with van der Waals surface area (Å²) in [4.78, 5) is 2.00. The van der Waals surface area contributed by atoms with Gasteiger partial charge in [-0.25, -0.2) is 0 Å². The summed E-state index contributed by atoms with van der Waals surface area (Å²) in [6, 6.07) is 7.56. The quantitative estimate of drug-likeness (QED) is 0.535. The normalized spacial score (nSPS) is 8.75. The first-order valence-electron chi connectivity index (χ1n) is 3.61. The summed E-state index contributed by atoms with van der Waals surface area (Å²) in [7, 11) is 3.94. The zero-order valence-electron chi connectivity index (χ0n) is 7.15. The molecule has 0 amide bonds. The maximum Gasteiger partial charge on any atom is 0.308 e. The van der Waals surface area contributed by atoms with Crippen molar-refractivity contribution in [3.63, 3.8) is 0 Å². The van der Waals surface area contributed by atoms with E-state index in [4.69, 9.17) is 5.39 Å². The molecule has 0 bridgehead atoms. The van der Waals surface area contributed by atoms with Gasteiger partial charge in [0.05, 0.1) is 0 Å². The highest BCUT2D eigenvalue weighted by Gasteiger charge is 1.98. The summed E-state index contributed by atoms with van der Waals surface area (Å²) in [5, 5.41) is 11.0. The van der Waals surface area contributed by atoms with Crippen LogP contribution in [0.4, 0.5) is 11.4 Å². The molecule has 4 heteroatoms. The molecule has 0 radical (unpaired) electrons. The van der Waals surface area contributed by atoms with E-state index in [2.05, 4.69) is 10.5 Å². The number of anilines is 2. The molecule has 0 saturated heterocycles. The summed E-state index contributed by atoms with van der Waals surface area (Å²) in [6.45, 7) is 0. The molecule has 0 aliphatic rings. The number of rotatable bonds is 2. The van der Waals surface area contributed by atoms with Crippen LogP contribution in [0.1, 0.15) is 0 Å². The highest BCUT2D eigenvalue weighted by Crippen LogP contribution is 2.15. The van der Waals surface area contributed by atoms with Crippen molar-refractivity contribution in [2.24, 2.45) is 0 Å². The Morgan fingerprint density at radius 1 is 1.25 bits per heavy atom. The Morgan fingerprint density at radius 3 is 2.25 bits per heavy atom. The molecule has 0 fully saturated rings. The average Bonchev–Trinajstić information content (AvgIpc) is 2.06. The SMILES string of the molecule is CN(C)c1ccc(N[N+]#N)cc1. The van der Waals surface area contributed by atoms with E-state index in [1.807, 2.05) is 43.3 Å². The number of benzene rings is 1. The molecule has 0 saturated carbocycles. The summed E-state index contributed by atoms with van der Waals surface area (Å²) < 4.78 is 0. The predicted octanol–water partition coefficient (Wildman–Crippen LogP) is 1.93. The molecule has 1 N–H and O–H groups in total. The van der Waals surface area contributed by atoms with Crippen molar-refractivity contribution < 1.29 is 0 Å². The number of hydrogen-bond acceptors (Lipinski definition) is 3. The molecular formula is C8H11N4+. The molecule has 0 spiro atoms. The Bertz CT molecular complexity index is 283. The van der Waals surface area contributed by atoms with Crippen molar-refractivity contribution in [2.45, 2.75) is 0 Å². The van der Waals surface area contributed by atoms with E-state index < -0.39 is 0 Å². The zero-order chi connectivity index (χ0) is 8.97. The van der Waals surface area contributed by atoms with Crippen LogP contribution in [0.3, 0.4) is 0 Å². The lowest BCUT2D eigenvalue weighted by Crippen LogP contribution is -2.07. The van der Waals surface area contributed by atoms with Crippen molar-refractivity contribution >= 4 is 11.4 Å². The Morgan fingerprint density at radius 2 is 1.83 bits per heavy atom. The number of diazo groups is 1. The van der Waals surface area contributed by atoms with Gasteiger partial charge < -0.3 is 4.90 Å². The van der Waals surface area contributed by atoms with Crippen LogP contribution in [0.25, 0.3) is 5.08 Å². The first-order chi connectivity index (χ1) is 5.74. The topological polar surface area (TPSA) is 43.4 Å². The standard InChI is InChI=1S/C8H11N4/c1-12(2)8-5-3-7(4-6-8)10-11-9/h3-6,10H,1-2H3/q+1. The number of hydrogen-bond donors (Lipinski definition) is 1. The van der Waals surface area contributed by atoms with Gasteiger partial charge in [0.25, 0.3) is 5.39 Å². The lowest BCUT2D eigenvalue weighted by molar-refractivity contribution is 1.13. The zero-order valence-corrected chi connectivity index (χ0v) is 7.15. The lowest BCUT2D eigenvalue weighted by atomic mass is 10.3. The Hall–Kier alpha value is -1.76. The van der Waals surface area contributed by atoms with Crippen molar-refractivity contribution in [1.82, 2.24) is 0 Å². The van der Waals surface area contributed by atoms with E-state index in [1.165, 1.54) is 0 Å². The van der Waals surface area contributed by atoms with Crippen LogP contribution in [-0.4, -0.2) is 14.1 Å². The van der Waals surface area contributed by atoms with Crippen LogP contribution in [0.5, 0.6) is 0 Å². The second kappa shape index (κ2) is 3.58. The average molecular weight is 163 g/mol. The molecular weight excluding hydrogens is 152 g/mol. The number of nitrogens with one attached hydrogen (secondary N) is 1. The van der Waals surface area contributed by atoms with E-state index in [-0.39, 0.29) is 0 Å². The molecule has 1 aromatic carbocycles. The van der Waals surface area contributed by atoms with Gasteiger partial charge in [0.15, 0.2) is 0 Å². The Kier molecular flexibility index (Phi) is 2.49. The van der Waals surface area contributed by atoms with E-state index in [1.54, 1.807) is 0 Å². The highest BCUT2D eigenvalue weighted by molar-refractivity contribution is 5.54. The van der Waals surface area contributed by atoms with Gasteiger partial charge in [0, 0.05) is 19.8 Å². The molecule has 62 valence electrons. The van der Waals surface area contributed by atoms with Crippen molar-refractivity contribution in [3.8, 4) is 0 Å². The number of nitrogens with zero attached hydrogens (tertiary/aromatic N) is 3. The maximum atomic E-state index is 8.20. The minimum atomic E-state index is 0.767. The van der Waals surface area contributed by atoms with E-state index >= 15 is 0 Å². The van der Waals surface area contributed by atoms with Gasteiger partial charge in [-0.05, 0) is 29.7 Å².